The Morgan fingerprint density at radius 1 is 1.06 bits per heavy atom. The van der Waals surface area contributed by atoms with E-state index in [2.05, 4.69) is 10.2 Å². The highest BCUT2D eigenvalue weighted by Gasteiger charge is 2.21. The molecule has 166 valence electrons. The molecular formula is C24H25N3O5. The second kappa shape index (κ2) is 8.64. The SMILES string of the molecule is CCn1cc(C(=O)Nc2ccc(CN3CCOCC3)cc2)c(=O)c2cc3c(cc21)OCO3. The van der Waals surface area contributed by atoms with Crippen LogP contribution in [0, 0.1) is 0 Å². The van der Waals surface area contributed by atoms with Crippen LogP contribution in [0.4, 0.5) is 5.69 Å². The van der Waals surface area contributed by atoms with Crippen molar-refractivity contribution >= 4 is 22.5 Å². The van der Waals surface area contributed by atoms with E-state index in [1.165, 1.54) is 5.56 Å². The van der Waals surface area contributed by atoms with E-state index < -0.39 is 5.91 Å². The van der Waals surface area contributed by atoms with E-state index in [9.17, 15) is 9.59 Å². The highest BCUT2D eigenvalue weighted by atomic mass is 16.7. The molecule has 2 aliphatic rings. The lowest BCUT2D eigenvalue weighted by Crippen LogP contribution is -2.35. The van der Waals surface area contributed by atoms with Crippen molar-refractivity contribution in [2.75, 3.05) is 38.4 Å². The minimum absolute atomic E-state index is 0.0932. The second-order valence-electron chi connectivity index (χ2n) is 7.92. The first-order valence-corrected chi connectivity index (χ1v) is 10.8. The maximum absolute atomic E-state index is 13.1. The summed E-state index contributed by atoms with van der Waals surface area (Å²) in [5.74, 6) is 0.692. The largest absolute Gasteiger partial charge is 0.454 e. The van der Waals surface area contributed by atoms with E-state index >= 15 is 0 Å². The summed E-state index contributed by atoms with van der Waals surface area (Å²) >= 11 is 0. The molecule has 0 unspecified atom stereocenters. The number of carbonyl (C=O) groups excluding carboxylic acids is 1. The van der Waals surface area contributed by atoms with Crippen molar-refractivity contribution in [3.05, 3.63) is 63.9 Å². The van der Waals surface area contributed by atoms with Gasteiger partial charge in [-0.3, -0.25) is 14.5 Å². The smallest absolute Gasteiger partial charge is 0.261 e. The molecule has 1 saturated heterocycles. The summed E-state index contributed by atoms with van der Waals surface area (Å²) < 4.78 is 18.1. The number of anilines is 1. The zero-order valence-electron chi connectivity index (χ0n) is 17.9. The number of carbonyl (C=O) groups is 1. The molecule has 32 heavy (non-hydrogen) atoms. The van der Waals surface area contributed by atoms with Gasteiger partial charge in [-0.1, -0.05) is 12.1 Å². The van der Waals surface area contributed by atoms with Gasteiger partial charge < -0.3 is 24.1 Å². The maximum atomic E-state index is 13.1. The zero-order valence-corrected chi connectivity index (χ0v) is 17.9. The van der Waals surface area contributed by atoms with Crippen LogP contribution in [0.5, 0.6) is 11.5 Å². The molecule has 0 spiro atoms. The van der Waals surface area contributed by atoms with Gasteiger partial charge >= 0.3 is 0 Å². The standard InChI is InChI=1S/C24H25N3O5/c1-2-27-14-19(23(28)18-11-21-22(12-20(18)27)32-15-31-21)24(29)25-17-5-3-16(4-6-17)13-26-7-9-30-10-8-26/h3-6,11-12,14H,2,7-10,13,15H2,1H3,(H,25,29). The van der Waals surface area contributed by atoms with Gasteiger partial charge in [-0.05, 0) is 30.7 Å². The van der Waals surface area contributed by atoms with Gasteiger partial charge in [0.15, 0.2) is 11.5 Å². The van der Waals surface area contributed by atoms with E-state index in [-0.39, 0.29) is 17.8 Å². The van der Waals surface area contributed by atoms with Crippen molar-refractivity contribution in [1.29, 1.82) is 0 Å². The third kappa shape index (κ3) is 3.94. The van der Waals surface area contributed by atoms with Gasteiger partial charge in [0.25, 0.3) is 5.91 Å². The van der Waals surface area contributed by atoms with Crippen LogP contribution in [0.1, 0.15) is 22.8 Å². The second-order valence-corrected chi connectivity index (χ2v) is 7.92. The summed E-state index contributed by atoms with van der Waals surface area (Å²) in [7, 11) is 0. The maximum Gasteiger partial charge on any atom is 0.261 e. The zero-order chi connectivity index (χ0) is 22.1. The quantitative estimate of drug-likeness (QED) is 0.664. The predicted octanol–water partition coefficient (Wildman–Crippen LogP) is 2.83. The third-order valence-electron chi connectivity index (χ3n) is 5.88. The van der Waals surface area contributed by atoms with E-state index in [0.717, 1.165) is 32.8 Å². The van der Waals surface area contributed by atoms with Crippen LogP contribution in [0.15, 0.2) is 47.4 Å². The minimum Gasteiger partial charge on any atom is -0.454 e. The lowest BCUT2D eigenvalue weighted by Gasteiger charge is -2.26. The number of amides is 1. The number of morpholine rings is 1. The fraction of sp³-hybridized carbons (Fsp3) is 0.333. The molecule has 3 heterocycles. The van der Waals surface area contributed by atoms with Crippen LogP contribution >= 0.6 is 0 Å². The Hall–Kier alpha value is -3.36. The van der Waals surface area contributed by atoms with Crippen LogP contribution in [0.25, 0.3) is 10.9 Å². The molecule has 1 N–H and O–H groups in total. The molecule has 1 amide bonds. The van der Waals surface area contributed by atoms with Crippen LogP contribution < -0.4 is 20.2 Å². The van der Waals surface area contributed by atoms with Gasteiger partial charge in [-0.2, -0.15) is 0 Å². The van der Waals surface area contributed by atoms with Crippen molar-refractivity contribution in [3.63, 3.8) is 0 Å². The van der Waals surface area contributed by atoms with Crippen molar-refractivity contribution in [2.45, 2.75) is 20.0 Å². The Morgan fingerprint density at radius 2 is 1.78 bits per heavy atom. The average Bonchev–Trinajstić information content (AvgIpc) is 3.28. The van der Waals surface area contributed by atoms with Crippen molar-refractivity contribution in [2.24, 2.45) is 0 Å². The molecule has 0 radical (unpaired) electrons. The lowest BCUT2D eigenvalue weighted by atomic mass is 10.1. The molecule has 0 saturated carbocycles. The third-order valence-corrected chi connectivity index (χ3v) is 5.88. The summed E-state index contributed by atoms with van der Waals surface area (Å²) in [4.78, 5) is 28.4. The van der Waals surface area contributed by atoms with E-state index in [1.807, 2.05) is 35.8 Å². The van der Waals surface area contributed by atoms with Gasteiger partial charge in [0, 0.05) is 44.1 Å². The summed E-state index contributed by atoms with van der Waals surface area (Å²) in [5, 5.41) is 3.29. The molecule has 8 nitrogen and oxygen atoms in total. The topological polar surface area (TPSA) is 82.0 Å². The summed E-state index contributed by atoms with van der Waals surface area (Å²) in [6.07, 6.45) is 1.61. The Kier molecular flexibility index (Phi) is 5.55. The van der Waals surface area contributed by atoms with Crippen LogP contribution in [-0.4, -0.2) is 48.5 Å². The number of nitrogens with one attached hydrogen (secondary N) is 1. The van der Waals surface area contributed by atoms with Crippen LogP contribution in [-0.2, 0) is 17.8 Å². The van der Waals surface area contributed by atoms with Crippen molar-refractivity contribution in [3.8, 4) is 11.5 Å². The molecule has 3 aromatic rings. The van der Waals surface area contributed by atoms with Crippen molar-refractivity contribution < 1.29 is 19.0 Å². The van der Waals surface area contributed by atoms with E-state index in [4.69, 9.17) is 14.2 Å². The Labute approximate surface area is 185 Å². The number of hydrogen-bond donors (Lipinski definition) is 1. The predicted molar refractivity (Wildman–Crippen MR) is 120 cm³/mol. The number of nitrogens with zero attached hydrogens (tertiary/aromatic N) is 2. The Bertz CT molecular complexity index is 1210. The normalized spacial score (nSPS) is 15.8. The monoisotopic (exact) mass is 435 g/mol. The van der Waals surface area contributed by atoms with Gasteiger partial charge in [0.05, 0.1) is 24.1 Å². The molecule has 2 aliphatic heterocycles. The molecule has 0 aliphatic carbocycles. The van der Waals surface area contributed by atoms with Gasteiger partial charge in [-0.15, -0.1) is 0 Å². The number of hydrogen-bond acceptors (Lipinski definition) is 6. The van der Waals surface area contributed by atoms with Crippen LogP contribution in [0.3, 0.4) is 0 Å². The number of ether oxygens (including phenoxy) is 3. The fourth-order valence-corrected chi connectivity index (χ4v) is 4.11. The number of pyridine rings is 1. The molecule has 0 atom stereocenters. The molecule has 8 heteroatoms. The number of benzene rings is 2. The van der Waals surface area contributed by atoms with Gasteiger partial charge in [0.2, 0.25) is 12.2 Å². The highest BCUT2D eigenvalue weighted by molar-refractivity contribution is 6.06. The lowest BCUT2D eigenvalue weighted by molar-refractivity contribution is 0.0342. The number of aromatic nitrogens is 1. The van der Waals surface area contributed by atoms with E-state index in [0.29, 0.717) is 34.6 Å². The summed E-state index contributed by atoms with van der Waals surface area (Å²) in [6, 6.07) is 11.2. The van der Waals surface area contributed by atoms with Gasteiger partial charge in [0.1, 0.15) is 5.56 Å². The molecular weight excluding hydrogens is 410 g/mol. The number of fused-ring (bicyclic) bond motifs is 2. The molecule has 1 fully saturated rings. The summed E-state index contributed by atoms with van der Waals surface area (Å²) in [5.41, 5.74) is 2.29. The first kappa shape index (κ1) is 20.5. The highest BCUT2D eigenvalue weighted by Crippen LogP contribution is 2.35. The minimum atomic E-state index is -0.433. The number of aryl methyl sites for hydroxylation is 1. The molecule has 2 aromatic carbocycles. The average molecular weight is 435 g/mol. The first-order chi connectivity index (χ1) is 15.6. The fourth-order valence-electron chi connectivity index (χ4n) is 4.11. The summed E-state index contributed by atoms with van der Waals surface area (Å²) in [6.45, 7) is 6.90. The molecule has 1 aromatic heterocycles. The Morgan fingerprint density at radius 3 is 2.50 bits per heavy atom. The Balaban J connectivity index is 1.38. The van der Waals surface area contributed by atoms with Crippen molar-refractivity contribution in [1.82, 2.24) is 9.47 Å². The van der Waals surface area contributed by atoms with Gasteiger partial charge in [-0.25, -0.2) is 0 Å². The first-order valence-electron chi connectivity index (χ1n) is 10.8. The number of rotatable bonds is 5. The molecule has 0 bridgehead atoms. The van der Waals surface area contributed by atoms with E-state index in [1.54, 1.807) is 18.3 Å². The van der Waals surface area contributed by atoms with Crippen LogP contribution in [0.2, 0.25) is 0 Å². The molecule has 5 rings (SSSR count).